The number of methoxy groups -OCH3 is 1. The maximum absolute atomic E-state index is 12.6. The number of hydrogen-bond donors (Lipinski definition) is 2. The highest BCUT2D eigenvalue weighted by Crippen LogP contribution is 2.36. The predicted octanol–water partition coefficient (Wildman–Crippen LogP) is 4.14. The number of aliphatic imine (C=N–C) groups is 1. The van der Waals surface area contributed by atoms with E-state index in [1.807, 2.05) is 45.9 Å². The van der Waals surface area contributed by atoms with Gasteiger partial charge in [0.15, 0.2) is 5.16 Å². The number of nitrogens with two attached hydrogens (primary N) is 1. The van der Waals surface area contributed by atoms with Gasteiger partial charge in [-0.3, -0.25) is 4.79 Å². The molecule has 0 bridgehead atoms. The van der Waals surface area contributed by atoms with E-state index in [1.54, 1.807) is 7.11 Å². The highest BCUT2D eigenvalue weighted by molar-refractivity contribution is 7.99. The summed E-state index contributed by atoms with van der Waals surface area (Å²) in [7, 11) is 1.63. The molecule has 1 aliphatic heterocycles. The van der Waals surface area contributed by atoms with Crippen molar-refractivity contribution in [1.82, 2.24) is 9.55 Å². The van der Waals surface area contributed by atoms with Crippen molar-refractivity contribution in [2.45, 2.75) is 57.1 Å². The van der Waals surface area contributed by atoms with Crippen molar-refractivity contribution >= 4 is 29.2 Å². The largest absolute Gasteiger partial charge is 0.497 e. The summed E-state index contributed by atoms with van der Waals surface area (Å²) >= 11 is 1.47. The number of terminal acetylenes is 1. The van der Waals surface area contributed by atoms with Crippen molar-refractivity contribution in [2.24, 2.45) is 22.1 Å². The van der Waals surface area contributed by atoms with Crippen LogP contribution in [0.2, 0.25) is 0 Å². The Morgan fingerprint density at radius 1 is 1.44 bits per heavy atom. The van der Waals surface area contributed by atoms with Gasteiger partial charge in [-0.2, -0.15) is 0 Å². The van der Waals surface area contributed by atoms with Gasteiger partial charge in [0.25, 0.3) is 0 Å². The van der Waals surface area contributed by atoms with Gasteiger partial charge >= 0.3 is 0 Å². The van der Waals surface area contributed by atoms with Crippen LogP contribution in [-0.4, -0.2) is 34.9 Å². The molecule has 0 radical (unpaired) electrons. The lowest BCUT2D eigenvalue weighted by Gasteiger charge is -2.22. The van der Waals surface area contributed by atoms with Gasteiger partial charge in [0.05, 0.1) is 7.11 Å². The Labute approximate surface area is 194 Å². The van der Waals surface area contributed by atoms with Crippen molar-refractivity contribution in [3.05, 3.63) is 29.5 Å². The molecule has 1 aliphatic rings. The first-order chi connectivity index (χ1) is 15.2. The molecule has 1 atom stereocenters. The Hall–Kier alpha value is -2.92. The second kappa shape index (κ2) is 9.70. The van der Waals surface area contributed by atoms with E-state index in [0.29, 0.717) is 24.7 Å². The molecule has 8 heteroatoms. The smallest absolute Gasteiger partial charge is 0.175 e. The van der Waals surface area contributed by atoms with Gasteiger partial charge in [0.1, 0.15) is 35.5 Å². The highest BCUT2D eigenvalue weighted by Gasteiger charge is 2.27. The molecule has 0 fully saturated rings. The topological polar surface area (TPSA) is 94.5 Å². The average molecular weight is 454 g/mol. The number of imidazole rings is 1. The molecule has 0 spiro atoms. The first-order valence-electron chi connectivity index (χ1n) is 10.7. The molecule has 0 saturated heterocycles. The number of hydrogen-bond acceptors (Lipinski definition) is 7. The lowest BCUT2D eigenvalue weighted by atomic mass is 9.82. The fourth-order valence-electron chi connectivity index (χ4n) is 3.71. The van der Waals surface area contributed by atoms with Crippen molar-refractivity contribution in [1.29, 1.82) is 0 Å². The number of nitrogens with one attached hydrogen (secondary N) is 1. The maximum atomic E-state index is 12.6. The molecular formula is C24H31N5O2S. The minimum atomic E-state index is -0.334. The first-order valence-corrected chi connectivity index (χ1v) is 11.5. The zero-order valence-corrected chi connectivity index (χ0v) is 20.2. The minimum Gasteiger partial charge on any atom is -0.497 e. The summed E-state index contributed by atoms with van der Waals surface area (Å²) in [6, 6.07) is 5.62. The number of carbonyl (C=O) groups excluding carboxylic acids is 1. The lowest BCUT2D eigenvalue weighted by molar-refractivity contribution is -0.130. The maximum Gasteiger partial charge on any atom is 0.175 e. The van der Waals surface area contributed by atoms with Crippen molar-refractivity contribution in [3.63, 3.8) is 0 Å². The van der Waals surface area contributed by atoms with E-state index in [4.69, 9.17) is 21.9 Å². The molecule has 2 aromatic rings. The zero-order valence-electron chi connectivity index (χ0n) is 19.4. The number of nitrogens with zero attached hydrogens (tertiary/aromatic N) is 3. The highest BCUT2D eigenvalue weighted by atomic mass is 32.2. The molecule has 3 N–H and O–H groups in total. The third-order valence-electron chi connectivity index (χ3n) is 5.42. The van der Waals surface area contributed by atoms with Crippen LogP contribution < -0.4 is 15.8 Å². The Balaban J connectivity index is 1.87. The second-order valence-electron chi connectivity index (χ2n) is 8.89. The molecule has 1 aromatic heterocycles. The molecule has 0 aliphatic carbocycles. The van der Waals surface area contributed by atoms with Gasteiger partial charge in [0.2, 0.25) is 0 Å². The molecule has 1 unspecified atom stereocenters. The molecule has 2 heterocycles. The normalized spacial score (nSPS) is 14.1. The van der Waals surface area contributed by atoms with Gasteiger partial charge in [-0.25, -0.2) is 9.98 Å². The molecule has 170 valence electrons. The number of ketones is 1. The third-order valence-corrected chi connectivity index (χ3v) is 6.47. The van der Waals surface area contributed by atoms with Crippen molar-refractivity contribution < 1.29 is 9.53 Å². The Bertz CT molecular complexity index is 1080. The fraction of sp³-hybridized carbons (Fsp3) is 0.458. The monoisotopic (exact) mass is 453 g/mol. The average Bonchev–Trinajstić information content (AvgIpc) is 3.11. The van der Waals surface area contributed by atoms with Crippen molar-refractivity contribution in [2.75, 3.05) is 19.1 Å². The van der Waals surface area contributed by atoms with E-state index >= 15 is 0 Å². The van der Waals surface area contributed by atoms with Gasteiger partial charge in [-0.1, -0.05) is 45.4 Å². The molecule has 0 saturated carbocycles. The van der Waals surface area contributed by atoms with Crippen LogP contribution in [0, 0.1) is 23.7 Å². The van der Waals surface area contributed by atoms with Gasteiger partial charge in [0, 0.05) is 28.3 Å². The summed E-state index contributed by atoms with van der Waals surface area (Å²) in [6.07, 6.45) is 7.34. The number of rotatable bonds is 8. The molecule has 32 heavy (non-hydrogen) atoms. The first kappa shape index (κ1) is 23.7. The summed E-state index contributed by atoms with van der Waals surface area (Å²) in [5.41, 5.74) is 7.19. The van der Waals surface area contributed by atoms with E-state index in [0.717, 1.165) is 40.0 Å². The number of fused-ring (bicyclic) bond motifs is 1. The fourth-order valence-corrected chi connectivity index (χ4v) is 4.75. The van der Waals surface area contributed by atoms with E-state index in [1.165, 1.54) is 11.8 Å². The molecule has 7 nitrogen and oxygen atoms in total. The van der Waals surface area contributed by atoms with Crippen LogP contribution in [0.1, 0.15) is 51.8 Å². The quantitative estimate of drug-likeness (QED) is 0.583. The third kappa shape index (κ3) is 5.10. The number of anilines is 1. The van der Waals surface area contributed by atoms with E-state index in [2.05, 4.69) is 20.8 Å². The summed E-state index contributed by atoms with van der Waals surface area (Å²) in [5, 5.41) is 4.06. The van der Waals surface area contributed by atoms with Gasteiger partial charge < -0.3 is 20.4 Å². The second-order valence-corrected chi connectivity index (χ2v) is 9.90. The Kier molecular flexibility index (Phi) is 7.19. The minimum absolute atomic E-state index is 0.00327. The number of ether oxygens (including phenoxy) is 1. The number of aromatic nitrogens is 2. The molecular weight excluding hydrogens is 422 g/mol. The Morgan fingerprint density at radius 3 is 2.84 bits per heavy atom. The summed E-state index contributed by atoms with van der Waals surface area (Å²) in [6.45, 7) is 9.01. The molecule has 3 rings (SSSR count). The van der Waals surface area contributed by atoms with E-state index in [-0.39, 0.29) is 17.1 Å². The summed E-state index contributed by atoms with van der Waals surface area (Å²) in [4.78, 5) is 22.5. The van der Waals surface area contributed by atoms with Crippen LogP contribution >= 0.6 is 11.8 Å². The molecule has 1 aromatic carbocycles. The van der Waals surface area contributed by atoms with Crippen molar-refractivity contribution in [3.8, 4) is 18.1 Å². The predicted molar refractivity (Wildman–Crippen MR) is 129 cm³/mol. The number of amidine groups is 1. The standard InChI is InChI=1S/C24H31N5O2S/c1-7-16-10-11-17(31-6)13-18(16)32-23-28-19-21(25)26-14-27-22(19)29(23)12-8-9-15(2)20(30)24(3,4)5/h1,10-11,13,15,27H,8-9,12,14H2,2-6H3,(H2,25,26). The van der Waals surface area contributed by atoms with Crippen LogP contribution in [0.5, 0.6) is 5.75 Å². The van der Waals surface area contributed by atoms with E-state index in [9.17, 15) is 4.79 Å². The molecule has 0 amide bonds. The summed E-state index contributed by atoms with van der Waals surface area (Å²) in [5.74, 6) is 4.99. The van der Waals surface area contributed by atoms with Crippen LogP contribution in [0.25, 0.3) is 0 Å². The summed E-state index contributed by atoms with van der Waals surface area (Å²) < 4.78 is 7.48. The SMILES string of the molecule is C#Cc1ccc(OC)cc1Sc1nc2c(n1CCCC(C)C(=O)C(C)(C)C)NCN=C2N. The van der Waals surface area contributed by atoms with Crippen LogP contribution in [0.15, 0.2) is 33.2 Å². The van der Waals surface area contributed by atoms with E-state index < -0.39 is 0 Å². The van der Waals surface area contributed by atoms with Gasteiger partial charge in [-0.15, -0.1) is 6.42 Å². The van der Waals surface area contributed by atoms with Crippen LogP contribution in [0.4, 0.5) is 5.82 Å². The lowest BCUT2D eigenvalue weighted by Crippen LogP contribution is -2.27. The number of carbonyl (C=O) groups is 1. The number of Topliss-reactive ketones (excluding diaryl/α,β-unsaturated/α-hetero) is 1. The van der Waals surface area contributed by atoms with Gasteiger partial charge in [-0.05, 0) is 31.0 Å². The van der Waals surface area contributed by atoms with Crippen LogP contribution in [-0.2, 0) is 11.3 Å². The number of benzene rings is 1. The van der Waals surface area contributed by atoms with Crippen LogP contribution in [0.3, 0.4) is 0 Å². The Morgan fingerprint density at radius 2 is 2.19 bits per heavy atom. The zero-order chi connectivity index (χ0) is 23.5.